The molecule has 1 N–H and O–H groups in total. The Balaban J connectivity index is 1.76. The predicted octanol–water partition coefficient (Wildman–Crippen LogP) is 0.532. The van der Waals surface area contributed by atoms with Crippen molar-refractivity contribution in [1.29, 1.82) is 0 Å². The number of aromatic amines is 1. The molecule has 1 fully saturated rings. The molecular formula is C14H17N5O2. The Morgan fingerprint density at radius 3 is 2.67 bits per heavy atom. The monoisotopic (exact) mass is 287 g/mol. The molecule has 21 heavy (non-hydrogen) atoms. The highest BCUT2D eigenvalue weighted by Gasteiger charge is 2.24. The maximum absolute atomic E-state index is 12.4. The Labute approximate surface area is 121 Å². The number of likely N-dealkylation sites (tertiary alicyclic amines) is 1. The van der Waals surface area contributed by atoms with E-state index in [1.165, 1.54) is 4.52 Å². The van der Waals surface area contributed by atoms with Crippen LogP contribution in [0.25, 0.3) is 5.78 Å². The molecule has 0 atom stereocenters. The average molecular weight is 287 g/mol. The summed E-state index contributed by atoms with van der Waals surface area (Å²) in [6.07, 6.45) is 5.76. The van der Waals surface area contributed by atoms with Gasteiger partial charge in [-0.15, -0.1) is 0 Å². The van der Waals surface area contributed by atoms with Crippen molar-refractivity contribution in [3.63, 3.8) is 0 Å². The normalized spacial score (nSPS) is 18.2. The van der Waals surface area contributed by atoms with Gasteiger partial charge in [0.15, 0.2) is 0 Å². The number of fused-ring (bicyclic) bond motifs is 2. The number of carbonyl (C=O) groups excluding carboxylic acids is 1. The van der Waals surface area contributed by atoms with Crippen LogP contribution in [0.5, 0.6) is 0 Å². The molecule has 3 heterocycles. The number of amides is 1. The number of hydrogen-bond donors (Lipinski definition) is 1. The lowest BCUT2D eigenvalue weighted by molar-refractivity contribution is 0.0712. The third-order valence-corrected chi connectivity index (χ3v) is 4.36. The van der Waals surface area contributed by atoms with E-state index in [1.807, 2.05) is 0 Å². The zero-order valence-electron chi connectivity index (χ0n) is 11.8. The Morgan fingerprint density at radius 1 is 1.05 bits per heavy atom. The zero-order valence-corrected chi connectivity index (χ0v) is 11.8. The van der Waals surface area contributed by atoms with Crippen LogP contribution in [0, 0.1) is 0 Å². The highest BCUT2D eigenvalue weighted by atomic mass is 16.2. The van der Waals surface area contributed by atoms with E-state index in [-0.39, 0.29) is 17.3 Å². The van der Waals surface area contributed by atoms with Gasteiger partial charge in [0, 0.05) is 18.7 Å². The van der Waals surface area contributed by atoms with Crippen LogP contribution < -0.4 is 5.56 Å². The fraction of sp³-hybridized carbons (Fsp3) is 0.571. The molecular weight excluding hydrogens is 270 g/mol. The molecule has 0 aromatic carbocycles. The quantitative estimate of drug-likeness (QED) is 0.829. The molecule has 1 aliphatic heterocycles. The first kappa shape index (κ1) is 12.6. The Kier molecular flexibility index (Phi) is 2.80. The first-order chi connectivity index (χ1) is 10.2. The molecule has 0 radical (unpaired) electrons. The van der Waals surface area contributed by atoms with Crippen molar-refractivity contribution in [3.05, 3.63) is 27.4 Å². The predicted molar refractivity (Wildman–Crippen MR) is 75.4 cm³/mol. The molecule has 0 spiro atoms. The molecule has 0 saturated carbocycles. The highest BCUT2D eigenvalue weighted by molar-refractivity contribution is 5.90. The largest absolute Gasteiger partial charge is 0.336 e. The summed E-state index contributed by atoms with van der Waals surface area (Å²) < 4.78 is 1.31. The minimum atomic E-state index is -0.139. The molecule has 4 rings (SSSR count). The summed E-state index contributed by atoms with van der Waals surface area (Å²) in [5, 5.41) is 2.83. The number of aryl methyl sites for hydroxylation is 1. The lowest BCUT2D eigenvalue weighted by atomic mass is 10.1. The number of H-pyrrole nitrogens is 1. The van der Waals surface area contributed by atoms with Crippen LogP contribution in [0.15, 0.2) is 4.79 Å². The van der Waals surface area contributed by atoms with E-state index >= 15 is 0 Å². The van der Waals surface area contributed by atoms with Gasteiger partial charge in [0.05, 0.1) is 5.69 Å². The second kappa shape index (κ2) is 4.68. The summed E-state index contributed by atoms with van der Waals surface area (Å²) in [6, 6.07) is 0. The van der Waals surface area contributed by atoms with E-state index in [2.05, 4.69) is 15.1 Å². The van der Waals surface area contributed by atoms with Gasteiger partial charge in [-0.2, -0.15) is 9.50 Å². The van der Waals surface area contributed by atoms with Crippen molar-refractivity contribution < 1.29 is 4.79 Å². The van der Waals surface area contributed by atoms with Crippen molar-refractivity contribution in [1.82, 2.24) is 24.5 Å². The van der Waals surface area contributed by atoms with E-state index < -0.39 is 0 Å². The number of carbonyl (C=O) groups is 1. The Bertz CT molecular complexity index is 769. The van der Waals surface area contributed by atoms with Gasteiger partial charge in [0.25, 0.3) is 17.2 Å². The van der Waals surface area contributed by atoms with Crippen LogP contribution in [-0.2, 0) is 12.8 Å². The topological polar surface area (TPSA) is 83.4 Å². The molecule has 110 valence electrons. The summed E-state index contributed by atoms with van der Waals surface area (Å²) in [6.45, 7) is 1.52. The van der Waals surface area contributed by atoms with Gasteiger partial charge in [-0.05, 0) is 38.5 Å². The van der Waals surface area contributed by atoms with E-state index in [9.17, 15) is 9.59 Å². The van der Waals surface area contributed by atoms with Gasteiger partial charge >= 0.3 is 0 Å². The molecule has 0 bridgehead atoms. The van der Waals surface area contributed by atoms with Crippen molar-refractivity contribution in [3.8, 4) is 0 Å². The third-order valence-electron chi connectivity index (χ3n) is 4.36. The average Bonchev–Trinajstić information content (AvgIpc) is 3.14. The van der Waals surface area contributed by atoms with Gasteiger partial charge in [0.2, 0.25) is 5.82 Å². The van der Waals surface area contributed by atoms with Gasteiger partial charge in [-0.25, -0.2) is 4.98 Å². The standard InChI is InChI=1S/C14H17N5O2/c20-12-9-5-4-6-10(9)15-14-16-11(17-19(12)14)13(21)18-7-2-1-3-8-18/h1-8H2,(H,15,16,17). The maximum atomic E-state index is 12.4. The number of nitrogens with zero attached hydrogens (tertiary/aromatic N) is 4. The van der Waals surface area contributed by atoms with Gasteiger partial charge in [-0.3, -0.25) is 14.7 Å². The first-order valence-corrected chi connectivity index (χ1v) is 7.54. The van der Waals surface area contributed by atoms with Gasteiger partial charge in [0.1, 0.15) is 0 Å². The van der Waals surface area contributed by atoms with Crippen molar-refractivity contribution in [2.24, 2.45) is 0 Å². The van der Waals surface area contributed by atoms with Crippen LogP contribution in [0.2, 0.25) is 0 Å². The van der Waals surface area contributed by atoms with Crippen molar-refractivity contribution in [2.45, 2.75) is 38.5 Å². The smallest absolute Gasteiger partial charge is 0.291 e. The van der Waals surface area contributed by atoms with Crippen LogP contribution in [0.4, 0.5) is 0 Å². The summed E-state index contributed by atoms with van der Waals surface area (Å²) >= 11 is 0. The van der Waals surface area contributed by atoms with Crippen LogP contribution in [0.3, 0.4) is 0 Å². The van der Waals surface area contributed by atoms with E-state index in [1.54, 1.807) is 4.90 Å². The van der Waals surface area contributed by atoms with Gasteiger partial charge < -0.3 is 4.90 Å². The molecule has 2 aliphatic rings. The molecule has 1 amide bonds. The summed E-state index contributed by atoms with van der Waals surface area (Å²) in [4.78, 5) is 35.2. The van der Waals surface area contributed by atoms with Crippen LogP contribution in [0.1, 0.15) is 47.6 Å². The van der Waals surface area contributed by atoms with E-state index in [0.29, 0.717) is 5.78 Å². The molecule has 2 aromatic heterocycles. The van der Waals surface area contributed by atoms with Crippen LogP contribution >= 0.6 is 0 Å². The fourth-order valence-electron chi connectivity index (χ4n) is 3.23. The summed E-state index contributed by atoms with van der Waals surface area (Å²) in [5.41, 5.74) is 1.48. The molecule has 2 aromatic rings. The molecule has 0 unspecified atom stereocenters. The molecule has 1 saturated heterocycles. The third kappa shape index (κ3) is 1.95. The first-order valence-electron chi connectivity index (χ1n) is 7.54. The summed E-state index contributed by atoms with van der Waals surface area (Å²) in [7, 11) is 0. The second-order valence-electron chi connectivity index (χ2n) is 5.76. The van der Waals surface area contributed by atoms with Crippen molar-refractivity contribution >= 4 is 11.7 Å². The number of piperidine rings is 1. The molecule has 1 aliphatic carbocycles. The lowest BCUT2D eigenvalue weighted by Gasteiger charge is -2.25. The lowest BCUT2D eigenvalue weighted by Crippen LogP contribution is -2.36. The Hall–Kier alpha value is -2.18. The zero-order chi connectivity index (χ0) is 14.4. The number of aromatic nitrogens is 4. The van der Waals surface area contributed by atoms with Crippen LogP contribution in [-0.4, -0.2) is 43.5 Å². The number of nitrogens with one attached hydrogen (secondary N) is 1. The van der Waals surface area contributed by atoms with Crippen molar-refractivity contribution in [2.75, 3.05) is 13.1 Å². The highest BCUT2D eigenvalue weighted by Crippen LogP contribution is 2.17. The minimum Gasteiger partial charge on any atom is -0.336 e. The SMILES string of the molecule is O=C(c1nc2nc3c(c(=O)n2[nH]1)CCC3)N1CCCCC1. The van der Waals surface area contributed by atoms with E-state index in [0.717, 1.165) is 62.9 Å². The minimum absolute atomic E-state index is 0.113. The summed E-state index contributed by atoms with van der Waals surface area (Å²) in [5.74, 6) is 0.381. The maximum Gasteiger partial charge on any atom is 0.291 e. The van der Waals surface area contributed by atoms with Gasteiger partial charge in [-0.1, -0.05) is 0 Å². The molecule has 7 heteroatoms. The Morgan fingerprint density at radius 2 is 1.86 bits per heavy atom. The number of hydrogen-bond acceptors (Lipinski definition) is 4. The number of rotatable bonds is 1. The van der Waals surface area contributed by atoms with E-state index in [4.69, 9.17) is 0 Å². The second-order valence-corrected chi connectivity index (χ2v) is 5.76. The molecule has 7 nitrogen and oxygen atoms in total. The fourth-order valence-corrected chi connectivity index (χ4v) is 3.23.